The van der Waals surface area contributed by atoms with E-state index in [0.29, 0.717) is 11.1 Å². The van der Waals surface area contributed by atoms with Crippen molar-refractivity contribution in [2.24, 2.45) is 5.10 Å². The highest BCUT2D eigenvalue weighted by atomic mass is 35.5. The number of aryl methyl sites for hydroxylation is 1. The number of benzene rings is 2. The van der Waals surface area contributed by atoms with E-state index in [2.05, 4.69) is 10.5 Å². The molecule has 20 heavy (non-hydrogen) atoms. The van der Waals surface area contributed by atoms with Gasteiger partial charge in [0.25, 0.3) is 5.91 Å². The van der Waals surface area contributed by atoms with E-state index in [1.54, 1.807) is 12.1 Å². The second-order valence-electron chi connectivity index (χ2n) is 4.18. The smallest absolute Gasteiger partial charge is 0.267 e. The minimum atomic E-state index is -0.420. The van der Waals surface area contributed by atoms with E-state index in [0.717, 1.165) is 5.56 Å². The van der Waals surface area contributed by atoms with Crippen LogP contribution in [0.4, 0.5) is 4.39 Å². The van der Waals surface area contributed by atoms with Crippen molar-refractivity contribution in [2.75, 3.05) is 0 Å². The van der Waals surface area contributed by atoms with Crippen LogP contribution in [-0.2, 0) is 0 Å². The van der Waals surface area contributed by atoms with Crippen molar-refractivity contribution < 1.29 is 9.18 Å². The molecule has 0 bridgehead atoms. The lowest BCUT2D eigenvalue weighted by Crippen LogP contribution is -2.18. The molecular formula is C15H12ClFN2O. The molecule has 0 aliphatic rings. The van der Waals surface area contributed by atoms with E-state index in [4.69, 9.17) is 11.6 Å². The Hall–Kier alpha value is -2.20. The van der Waals surface area contributed by atoms with Gasteiger partial charge in [0.1, 0.15) is 5.82 Å². The van der Waals surface area contributed by atoms with Crippen molar-refractivity contribution in [2.45, 2.75) is 6.92 Å². The summed E-state index contributed by atoms with van der Waals surface area (Å²) in [5, 5.41) is 4.05. The summed E-state index contributed by atoms with van der Waals surface area (Å²) in [6, 6.07) is 11.1. The molecule has 0 saturated heterocycles. The zero-order chi connectivity index (χ0) is 14.5. The number of hydrogen-bond acceptors (Lipinski definition) is 2. The zero-order valence-electron chi connectivity index (χ0n) is 10.7. The average molecular weight is 291 g/mol. The first-order valence-corrected chi connectivity index (χ1v) is 6.30. The van der Waals surface area contributed by atoms with Crippen LogP contribution in [0.15, 0.2) is 47.6 Å². The van der Waals surface area contributed by atoms with Crippen LogP contribution in [0.3, 0.4) is 0 Å². The second kappa shape index (κ2) is 6.30. The molecule has 2 rings (SSSR count). The normalized spacial score (nSPS) is 10.8. The van der Waals surface area contributed by atoms with E-state index < -0.39 is 5.82 Å². The van der Waals surface area contributed by atoms with Crippen molar-refractivity contribution in [3.63, 3.8) is 0 Å². The van der Waals surface area contributed by atoms with Gasteiger partial charge in [-0.25, -0.2) is 9.82 Å². The molecule has 3 nitrogen and oxygen atoms in total. The maximum absolute atomic E-state index is 12.9. The molecule has 2 aromatic carbocycles. The molecule has 0 atom stereocenters. The Kier molecular flexibility index (Phi) is 4.48. The number of halogens is 2. The molecule has 0 aliphatic heterocycles. The van der Waals surface area contributed by atoms with Crippen LogP contribution >= 0.6 is 11.6 Å². The van der Waals surface area contributed by atoms with E-state index in [-0.39, 0.29) is 10.9 Å². The molecule has 0 saturated carbocycles. The fourth-order valence-corrected chi connectivity index (χ4v) is 1.87. The number of amides is 1. The summed E-state index contributed by atoms with van der Waals surface area (Å²) in [7, 11) is 0. The van der Waals surface area contributed by atoms with Crippen LogP contribution in [0, 0.1) is 12.7 Å². The third kappa shape index (κ3) is 3.42. The number of rotatable bonds is 3. The van der Waals surface area contributed by atoms with Gasteiger partial charge >= 0.3 is 0 Å². The molecule has 0 aromatic heterocycles. The lowest BCUT2D eigenvalue weighted by molar-refractivity contribution is 0.0954. The number of carbonyl (C=O) groups excluding carboxylic acids is 1. The molecule has 0 aliphatic carbocycles. The second-order valence-corrected chi connectivity index (χ2v) is 4.59. The maximum atomic E-state index is 12.9. The fraction of sp³-hybridized carbons (Fsp3) is 0.0667. The quantitative estimate of drug-likeness (QED) is 0.681. The lowest BCUT2D eigenvalue weighted by atomic mass is 10.1. The number of nitrogens with zero attached hydrogens (tertiary/aromatic N) is 1. The first kappa shape index (κ1) is 14.2. The monoisotopic (exact) mass is 290 g/mol. The zero-order valence-corrected chi connectivity index (χ0v) is 11.5. The number of nitrogens with one attached hydrogen (secondary N) is 1. The molecule has 1 amide bonds. The molecule has 2 aromatic rings. The summed E-state index contributed by atoms with van der Waals surface area (Å²) in [6.07, 6.45) is 1.37. The topological polar surface area (TPSA) is 41.5 Å². The van der Waals surface area contributed by atoms with Crippen LogP contribution in [0.2, 0.25) is 5.02 Å². The molecule has 102 valence electrons. The molecule has 0 fully saturated rings. The fourth-order valence-electron chi connectivity index (χ4n) is 1.65. The van der Waals surface area contributed by atoms with Crippen molar-refractivity contribution in [1.29, 1.82) is 0 Å². The van der Waals surface area contributed by atoms with Gasteiger partial charge in [0.05, 0.1) is 11.2 Å². The predicted molar refractivity (Wildman–Crippen MR) is 77.6 cm³/mol. The Morgan fingerprint density at radius 1 is 1.30 bits per heavy atom. The van der Waals surface area contributed by atoms with Gasteiger partial charge in [-0.3, -0.25) is 4.79 Å². The van der Waals surface area contributed by atoms with Gasteiger partial charge in [-0.1, -0.05) is 29.8 Å². The number of hydrazone groups is 1. The van der Waals surface area contributed by atoms with Gasteiger partial charge in [-0.2, -0.15) is 5.10 Å². The minimum Gasteiger partial charge on any atom is -0.267 e. The Morgan fingerprint density at radius 2 is 2.05 bits per heavy atom. The van der Waals surface area contributed by atoms with Crippen LogP contribution in [0.1, 0.15) is 21.5 Å². The summed E-state index contributed by atoms with van der Waals surface area (Å²) >= 11 is 5.84. The van der Waals surface area contributed by atoms with Crippen molar-refractivity contribution in [3.8, 4) is 0 Å². The van der Waals surface area contributed by atoms with Gasteiger partial charge in [0, 0.05) is 11.1 Å². The maximum Gasteiger partial charge on any atom is 0.271 e. The van der Waals surface area contributed by atoms with Gasteiger partial charge in [-0.15, -0.1) is 0 Å². The van der Waals surface area contributed by atoms with E-state index in [9.17, 15) is 9.18 Å². The van der Waals surface area contributed by atoms with Crippen LogP contribution in [0.25, 0.3) is 0 Å². The predicted octanol–water partition coefficient (Wildman–Crippen LogP) is 3.55. The summed E-state index contributed by atoms with van der Waals surface area (Å²) in [5.74, 6) is -0.728. The Balaban J connectivity index is 2.07. The van der Waals surface area contributed by atoms with Crippen LogP contribution in [-0.4, -0.2) is 12.1 Å². The largest absolute Gasteiger partial charge is 0.271 e. The third-order valence-electron chi connectivity index (χ3n) is 2.72. The molecule has 5 heteroatoms. The summed E-state index contributed by atoms with van der Waals surface area (Å²) in [4.78, 5) is 11.9. The van der Waals surface area contributed by atoms with Gasteiger partial charge in [-0.05, 0) is 36.8 Å². The van der Waals surface area contributed by atoms with E-state index >= 15 is 0 Å². The van der Waals surface area contributed by atoms with Crippen LogP contribution in [0.5, 0.6) is 0 Å². The Labute approximate surface area is 121 Å². The van der Waals surface area contributed by atoms with Crippen molar-refractivity contribution >= 4 is 23.7 Å². The molecular weight excluding hydrogens is 279 g/mol. The molecule has 0 heterocycles. The van der Waals surface area contributed by atoms with Gasteiger partial charge < -0.3 is 0 Å². The number of hydrogen-bond donors (Lipinski definition) is 1. The van der Waals surface area contributed by atoms with Crippen molar-refractivity contribution in [1.82, 2.24) is 5.43 Å². The standard InChI is InChI=1S/C15H12ClFN2O/c1-10-4-2-3-5-13(10)15(20)19-18-9-11-6-7-12(17)8-14(11)16/h2-9H,1H3,(H,19,20). The molecule has 0 spiro atoms. The average Bonchev–Trinajstić information content (AvgIpc) is 2.41. The summed E-state index contributed by atoms with van der Waals surface area (Å²) < 4.78 is 12.9. The Bertz CT molecular complexity index is 671. The van der Waals surface area contributed by atoms with Crippen molar-refractivity contribution in [3.05, 3.63) is 70.0 Å². The SMILES string of the molecule is Cc1ccccc1C(=O)NN=Cc1ccc(F)cc1Cl. The van der Waals surface area contributed by atoms with E-state index in [1.165, 1.54) is 24.4 Å². The molecule has 1 N–H and O–H groups in total. The van der Waals surface area contributed by atoms with Gasteiger partial charge in [0.15, 0.2) is 0 Å². The highest BCUT2D eigenvalue weighted by molar-refractivity contribution is 6.33. The molecule has 0 unspecified atom stereocenters. The highest BCUT2D eigenvalue weighted by Crippen LogP contribution is 2.15. The first-order valence-electron chi connectivity index (χ1n) is 5.92. The molecule has 0 radical (unpaired) electrons. The lowest BCUT2D eigenvalue weighted by Gasteiger charge is -2.03. The minimum absolute atomic E-state index is 0.235. The third-order valence-corrected chi connectivity index (χ3v) is 3.05. The number of carbonyl (C=O) groups is 1. The highest BCUT2D eigenvalue weighted by Gasteiger charge is 2.06. The van der Waals surface area contributed by atoms with E-state index in [1.807, 2.05) is 19.1 Å². The summed E-state index contributed by atoms with van der Waals surface area (Å²) in [6.45, 7) is 1.84. The van der Waals surface area contributed by atoms with Gasteiger partial charge in [0.2, 0.25) is 0 Å². The van der Waals surface area contributed by atoms with Crippen LogP contribution < -0.4 is 5.43 Å². The Morgan fingerprint density at radius 3 is 2.75 bits per heavy atom. The first-order chi connectivity index (χ1) is 9.58. The summed E-state index contributed by atoms with van der Waals surface area (Å²) in [5.41, 5.74) is 4.35.